The third-order valence-electron chi connectivity index (χ3n) is 6.69. The van der Waals surface area contributed by atoms with Crippen molar-refractivity contribution in [2.75, 3.05) is 18.5 Å². The van der Waals surface area contributed by atoms with E-state index < -0.39 is 12.0 Å². The van der Waals surface area contributed by atoms with Crippen LogP contribution in [0.1, 0.15) is 60.3 Å². The fourth-order valence-electron chi connectivity index (χ4n) is 4.85. The molecule has 0 aliphatic carbocycles. The van der Waals surface area contributed by atoms with Crippen molar-refractivity contribution >= 4 is 17.6 Å². The molecule has 0 fully saturated rings. The van der Waals surface area contributed by atoms with E-state index in [1.807, 2.05) is 30.3 Å². The minimum atomic E-state index is -0.691. The summed E-state index contributed by atoms with van der Waals surface area (Å²) >= 11 is 0. The van der Waals surface area contributed by atoms with Gasteiger partial charge in [0, 0.05) is 36.1 Å². The third kappa shape index (κ3) is 6.56. The molecule has 1 amide bonds. The van der Waals surface area contributed by atoms with Gasteiger partial charge in [-0.1, -0.05) is 54.4 Å². The summed E-state index contributed by atoms with van der Waals surface area (Å²) in [5.41, 5.74) is 16.8. The summed E-state index contributed by atoms with van der Waals surface area (Å²) in [6.45, 7) is 4.63. The van der Waals surface area contributed by atoms with Crippen molar-refractivity contribution in [1.29, 1.82) is 0 Å². The average Bonchev–Trinajstić information content (AvgIpc) is 2.88. The number of nitrogens with two attached hydrogens (primary N) is 2. The highest BCUT2D eigenvalue weighted by Gasteiger charge is 2.34. The van der Waals surface area contributed by atoms with Gasteiger partial charge in [-0.05, 0) is 55.6 Å². The van der Waals surface area contributed by atoms with Crippen LogP contribution in [0.4, 0.5) is 5.69 Å². The van der Waals surface area contributed by atoms with Gasteiger partial charge in [-0.25, -0.2) is 4.79 Å². The maximum atomic E-state index is 12.5. The molecule has 0 saturated carbocycles. The summed E-state index contributed by atoms with van der Waals surface area (Å²) in [5, 5.41) is 2.83. The van der Waals surface area contributed by atoms with Crippen molar-refractivity contribution in [2.24, 2.45) is 11.5 Å². The van der Waals surface area contributed by atoms with Crippen LogP contribution in [0.3, 0.4) is 0 Å². The molecule has 5 N–H and O–H groups in total. The van der Waals surface area contributed by atoms with Crippen LogP contribution in [0.25, 0.3) is 0 Å². The molecule has 0 radical (unpaired) electrons. The number of esters is 1. The average molecular weight is 502 g/mol. The lowest BCUT2D eigenvalue weighted by Crippen LogP contribution is -2.34. The molecule has 1 aliphatic heterocycles. The van der Waals surface area contributed by atoms with Crippen LogP contribution >= 0.6 is 0 Å². The molecule has 7 heteroatoms. The molecule has 3 aromatic carbocycles. The first-order valence-electron chi connectivity index (χ1n) is 12.7. The van der Waals surface area contributed by atoms with Crippen LogP contribution in [0.15, 0.2) is 66.7 Å². The Balaban J connectivity index is 1.63. The number of rotatable bonds is 9. The summed E-state index contributed by atoms with van der Waals surface area (Å²) in [6, 6.07) is 21.2. The van der Waals surface area contributed by atoms with Crippen molar-refractivity contribution in [3.8, 4) is 11.5 Å². The Hall–Kier alpha value is -3.68. The number of carbonyl (C=O) groups is 2. The number of benzene rings is 3. The summed E-state index contributed by atoms with van der Waals surface area (Å²) in [7, 11) is 0. The van der Waals surface area contributed by atoms with Gasteiger partial charge in [0.1, 0.15) is 17.5 Å². The molecule has 1 aliphatic rings. The number of nitrogens with one attached hydrogen (secondary N) is 1. The van der Waals surface area contributed by atoms with E-state index in [2.05, 4.69) is 36.5 Å². The second kappa shape index (κ2) is 12.0. The maximum Gasteiger partial charge on any atom is 0.328 e. The lowest BCUT2D eigenvalue weighted by molar-refractivity contribution is -0.136. The quantitative estimate of drug-likeness (QED) is 0.224. The van der Waals surface area contributed by atoms with E-state index in [0.717, 1.165) is 29.7 Å². The van der Waals surface area contributed by atoms with E-state index in [4.69, 9.17) is 20.9 Å². The van der Waals surface area contributed by atoms with E-state index in [1.54, 1.807) is 12.1 Å². The Kier molecular flexibility index (Phi) is 8.58. The van der Waals surface area contributed by atoms with Gasteiger partial charge >= 0.3 is 5.97 Å². The largest absolute Gasteiger partial charge is 0.492 e. The molecule has 2 unspecified atom stereocenters. The second-order valence-corrected chi connectivity index (χ2v) is 9.62. The standard InChI is InChI=1S/C30H35N3O4/c1-19-6-5-7-22(16-19)26-18-36-28-17-24(37-30(35)27(32)8-3-4-15-31)13-14-25(28)29(26)21-9-11-23(12-10-21)33-20(2)34/h5-7,9-14,16-17,26-27,29H,3-4,8,15,18,31-32H2,1-2H3,(H,33,34)/t26?,27-,29?/m0/s1. The molecule has 0 bridgehead atoms. The minimum Gasteiger partial charge on any atom is -0.492 e. The molecular weight excluding hydrogens is 466 g/mol. The zero-order chi connectivity index (χ0) is 26.4. The maximum absolute atomic E-state index is 12.5. The molecule has 3 aromatic rings. The summed E-state index contributed by atoms with van der Waals surface area (Å²) in [6.07, 6.45) is 2.14. The van der Waals surface area contributed by atoms with Gasteiger partial charge in [0.25, 0.3) is 0 Å². The fraction of sp³-hybridized carbons (Fsp3) is 0.333. The molecule has 0 aromatic heterocycles. The predicted molar refractivity (Wildman–Crippen MR) is 145 cm³/mol. The van der Waals surface area contributed by atoms with Crippen LogP contribution < -0.4 is 26.3 Å². The van der Waals surface area contributed by atoms with Gasteiger partial charge in [0.2, 0.25) is 5.91 Å². The van der Waals surface area contributed by atoms with Crippen LogP contribution in [-0.2, 0) is 9.59 Å². The topological polar surface area (TPSA) is 117 Å². The summed E-state index contributed by atoms with van der Waals surface area (Å²) < 4.78 is 11.8. The van der Waals surface area contributed by atoms with E-state index in [9.17, 15) is 9.59 Å². The van der Waals surface area contributed by atoms with Crippen molar-refractivity contribution < 1.29 is 19.1 Å². The van der Waals surface area contributed by atoms with Crippen LogP contribution in [0.5, 0.6) is 11.5 Å². The van der Waals surface area contributed by atoms with Crippen molar-refractivity contribution in [3.63, 3.8) is 0 Å². The highest BCUT2D eigenvalue weighted by molar-refractivity contribution is 5.88. The number of aryl methyl sites for hydroxylation is 1. The number of hydrogen-bond donors (Lipinski definition) is 3. The summed E-state index contributed by atoms with van der Waals surface area (Å²) in [5.74, 6) is 0.621. The van der Waals surface area contributed by atoms with Gasteiger partial charge in [0.05, 0.1) is 6.61 Å². The highest BCUT2D eigenvalue weighted by Crippen LogP contribution is 2.47. The Morgan fingerprint density at radius 1 is 1.05 bits per heavy atom. The first kappa shape index (κ1) is 26.4. The zero-order valence-corrected chi connectivity index (χ0v) is 21.4. The number of amides is 1. The minimum absolute atomic E-state index is 0.0141. The Bertz CT molecular complexity index is 1240. The first-order valence-corrected chi connectivity index (χ1v) is 12.7. The predicted octanol–water partition coefficient (Wildman–Crippen LogP) is 4.62. The van der Waals surface area contributed by atoms with E-state index >= 15 is 0 Å². The van der Waals surface area contributed by atoms with Crippen LogP contribution in [0.2, 0.25) is 0 Å². The smallest absolute Gasteiger partial charge is 0.328 e. The first-order chi connectivity index (χ1) is 17.9. The lowest BCUT2D eigenvalue weighted by Gasteiger charge is -2.35. The van der Waals surface area contributed by atoms with E-state index in [0.29, 0.717) is 31.1 Å². The van der Waals surface area contributed by atoms with E-state index in [1.165, 1.54) is 18.1 Å². The molecule has 4 rings (SSSR count). The number of fused-ring (bicyclic) bond motifs is 1. The fourth-order valence-corrected chi connectivity index (χ4v) is 4.85. The highest BCUT2D eigenvalue weighted by atomic mass is 16.5. The Morgan fingerprint density at radius 3 is 2.54 bits per heavy atom. The van der Waals surface area contributed by atoms with Crippen LogP contribution in [0, 0.1) is 6.92 Å². The van der Waals surface area contributed by atoms with Gasteiger partial charge < -0.3 is 26.3 Å². The number of ether oxygens (including phenoxy) is 2. The van der Waals surface area contributed by atoms with Gasteiger partial charge in [-0.3, -0.25) is 4.79 Å². The number of unbranched alkanes of at least 4 members (excludes halogenated alkanes) is 1. The third-order valence-corrected chi connectivity index (χ3v) is 6.69. The van der Waals surface area contributed by atoms with E-state index in [-0.39, 0.29) is 17.7 Å². The van der Waals surface area contributed by atoms with Gasteiger partial charge in [-0.15, -0.1) is 0 Å². The number of anilines is 1. The molecule has 194 valence electrons. The van der Waals surface area contributed by atoms with Crippen LogP contribution in [-0.4, -0.2) is 31.1 Å². The second-order valence-electron chi connectivity index (χ2n) is 9.62. The molecule has 37 heavy (non-hydrogen) atoms. The lowest BCUT2D eigenvalue weighted by atomic mass is 9.75. The number of carbonyl (C=O) groups excluding carboxylic acids is 2. The summed E-state index contributed by atoms with van der Waals surface area (Å²) in [4.78, 5) is 24.0. The van der Waals surface area contributed by atoms with Gasteiger partial charge in [0.15, 0.2) is 0 Å². The van der Waals surface area contributed by atoms with Gasteiger partial charge in [-0.2, -0.15) is 0 Å². The monoisotopic (exact) mass is 501 g/mol. The van der Waals surface area contributed by atoms with Crippen molar-refractivity contribution in [1.82, 2.24) is 0 Å². The Labute approximate surface area is 218 Å². The molecule has 3 atom stereocenters. The van der Waals surface area contributed by atoms with Crippen molar-refractivity contribution in [2.45, 2.75) is 51.0 Å². The molecule has 7 nitrogen and oxygen atoms in total. The molecule has 0 saturated heterocycles. The zero-order valence-electron chi connectivity index (χ0n) is 21.4. The number of hydrogen-bond acceptors (Lipinski definition) is 6. The normalized spacial score (nSPS) is 17.3. The molecule has 1 heterocycles. The Morgan fingerprint density at radius 2 is 1.84 bits per heavy atom. The SMILES string of the molecule is CC(=O)Nc1ccc(C2c3ccc(OC(=O)[C@@H](N)CCCCN)cc3OCC2c2cccc(C)c2)cc1. The molecular formula is C30H35N3O4. The molecule has 0 spiro atoms. The van der Waals surface area contributed by atoms with Crippen molar-refractivity contribution in [3.05, 3.63) is 89.0 Å².